The number of piperidine rings is 1. The van der Waals surface area contributed by atoms with Gasteiger partial charge in [0.1, 0.15) is 5.82 Å². The van der Waals surface area contributed by atoms with Crippen molar-refractivity contribution in [1.82, 2.24) is 9.88 Å². The lowest BCUT2D eigenvalue weighted by atomic mass is 9.87. The highest BCUT2D eigenvalue weighted by Gasteiger charge is 2.25. The van der Waals surface area contributed by atoms with Crippen LogP contribution in [0.15, 0.2) is 53.4 Å². The fraction of sp³-hybridized carbons (Fsp3) is 0.417. The van der Waals surface area contributed by atoms with E-state index in [1.54, 1.807) is 12.1 Å². The summed E-state index contributed by atoms with van der Waals surface area (Å²) >= 11 is 1.95. The van der Waals surface area contributed by atoms with E-state index < -0.39 is 0 Å². The van der Waals surface area contributed by atoms with Gasteiger partial charge in [-0.2, -0.15) is 0 Å². The number of aromatic nitrogens is 1. The summed E-state index contributed by atoms with van der Waals surface area (Å²) in [5.74, 6) is 1.60. The lowest BCUT2D eigenvalue weighted by Gasteiger charge is -2.32. The topological polar surface area (TPSA) is 19.0 Å². The van der Waals surface area contributed by atoms with Crippen molar-refractivity contribution < 1.29 is 4.39 Å². The highest BCUT2D eigenvalue weighted by molar-refractivity contribution is 7.99. The van der Waals surface area contributed by atoms with Gasteiger partial charge < -0.3 is 9.88 Å². The number of nitrogens with zero attached hydrogens (tertiary/aromatic N) is 1. The molecule has 2 nitrogen and oxygen atoms in total. The molecule has 0 unspecified atom stereocenters. The number of fused-ring (bicyclic) bond motifs is 1. The first-order valence-electron chi connectivity index (χ1n) is 10.4. The van der Waals surface area contributed by atoms with E-state index in [1.807, 2.05) is 17.8 Å². The molecule has 4 heteroatoms. The van der Waals surface area contributed by atoms with Gasteiger partial charge in [-0.25, -0.2) is 4.39 Å². The molecule has 2 heterocycles. The molecule has 0 aliphatic carbocycles. The van der Waals surface area contributed by atoms with Crippen LogP contribution in [0.5, 0.6) is 0 Å². The summed E-state index contributed by atoms with van der Waals surface area (Å²) < 4.78 is 13.6. The molecule has 4 rings (SSSR count). The molecule has 0 radical (unpaired) electrons. The molecule has 0 saturated carbocycles. The van der Waals surface area contributed by atoms with Crippen molar-refractivity contribution in [2.24, 2.45) is 0 Å². The predicted octanol–water partition coefficient (Wildman–Crippen LogP) is 6.23. The minimum absolute atomic E-state index is 0.161. The summed E-state index contributed by atoms with van der Waals surface area (Å²) in [6.45, 7) is 5.70. The number of likely N-dealkylation sites (tertiary alicyclic amines) is 1. The van der Waals surface area contributed by atoms with Crippen LogP contribution < -0.4 is 0 Å². The van der Waals surface area contributed by atoms with Gasteiger partial charge >= 0.3 is 0 Å². The lowest BCUT2D eigenvalue weighted by Crippen LogP contribution is -2.34. The maximum absolute atomic E-state index is 13.6. The third-order valence-corrected chi connectivity index (χ3v) is 6.96. The normalized spacial score (nSPS) is 16.1. The summed E-state index contributed by atoms with van der Waals surface area (Å²) in [6.07, 6.45) is 4.60. The maximum atomic E-state index is 13.6. The van der Waals surface area contributed by atoms with Gasteiger partial charge in [0.15, 0.2) is 0 Å². The minimum Gasteiger partial charge on any atom is -0.358 e. The number of thioether (sulfide) groups is 1. The van der Waals surface area contributed by atoms with Gasteiger partial charge in [-0.15, -0.1) is 11.8 Å². The number of H-pyrrole nitrogens is 1. The SMILES string of the molecule is CCc1[nH]c2cc(F)ccc2c1C1CCN(CCCSc2ccccc2)CC1. The largest absolute Gasteiger partial charge is 0.358 e. The number of aromatic amines is 1. The highest BCUT2D eigenvalue weighted by atomic mass is 32.2. The molecule has 0 amide bonds. The molecule has 2 aromatic carbocycles. The Morgan fingerprint density at radius 3 is 2.64 bits per heavy atom. The molecular formula is C24H29FN2S. The maximum Gasteiger partial charge on any atom is 0.125 e. The van der Waals surface area contributed by atoms with E-state index in [1.165, 1.54) is 53.1 Å². The Kier molecular flexibility index (Phi) is 6.38. The van der Waals surface area contributed by atoms with Crippen molar-refractivity contribution >= 4 is 22.7 Å². The molecule has 28 heavy (non-hydrogen) atoms. The molecule has 0 spiro atoms. The molecule has 1 aliphatic heterocycles. The van der Waals surface area contributed by atoms with Crippen LogP contribution in [0.4, 0.5) is 4.39 Å². The predicted molar refractivity (Wildman–Crippen MR) is 118 cm³/mol. The third kappa shape index (κ3) is 4.44. The number of benzene rings is 2. The van der Waals surface area contributed by atoms with E-state index in [4.69, 9.17) is 0 Å². The molecule has 1 N–H and O–H groups in total. The summed E-state index contributed by atoms with van der Waals surface area (Å²) in [5, 5.41) is 1.22. The molecule has 1 aromatic heterocycles. The molecule has 1 fully saturated rings. The van der Waals surface area contributed by atoms with Crippen molar-refractivity contribution in [3.63, 3.8) is 0 Å². The van der Waals surface area contributed by atoms with E-state index in [0.29, 0.717) is 5.92 Å². The lowest BCUT2D eigenvalue weighted by molar-refractivity contribution is 0.213. The first-order chi connectivity index (χ1) is 13.7. The van der Waals surface area contributed by atoms with E-state index in [-0.39, 0.29) is 5.82 Å². The van der Waals surface area contributed by atoms with Gasteiger partial charge in [-0.3, -0.25) is 0 Å². The van der Waals surface area contributed by atoms with Crippen LogP contribution >= 0.6 is 11.8 Å². The number of hydrogen-bond acceptors (Lipinski definition) is 2. The Morgan fingerprint density at radius 1 is 1.11 bits per heavy atom. The number of hydrogen-bond donors (Lipinski definition) is 1. The second-order valence-corrected chi connectivity index (χ2v) is 8.86. The molecule has 0 atom stereocenters. The van der Waals surface area contributed by atoms with Gasteiger partial charge in [0.05, 0.1) is 0 Å². The standard InChI is InChI=1S/C24H29FN2S/c1-2-22-24(21-10-9-19(25)17-23(21)26-22)18-11-14-27(15-12-18)13-6-16-28-20-7-4-3-5-8-20/h3-5,7-10,17-18,26H,2,6,11-16H2,1H3. The average molecular weight is 397 g/mol. The fourth-order valence-corrected chi connectivity index (χ4v) is 5.29. The molecule has 0 bridgehead atoms. The van der Waals surface area contributed by atoms with Crippen LogP contribution in [-0.4, -0.2) is 35.3 Å². The smallest absolute Gasteiger partial charge is 0.125 e. The minimum atomic E-state index is -0.161. The zero-order valence-corrected chi connectivity index (χ0v) is 17.4. The fourth-order valence-electron chi connectivity index (χ4n) is 4.43. The number of nitrogens with one attached hydrogen (secondary N) is 1. The summed E-state index contributed by atoms with van der Waals surface area (Å²) in [4.78, 5) is 7.44. The molecule has 1 saturated heterocycles. The van der Waals surface area contributed by atoms with Crippen LogP contribution in [0.25, 0.3) is 10.9 Å². The number of rotatable bonds is 7. The monoisotopic (exact) mass is 396 g/mol. The molecular weight excluding hydrogens is 367 g/mol. The van der Waals surface area contributed by atoms with Crippen molar-refractivity contribution in [2.45, 2.75) is 43.4 Å². The van der Waals surface area contributed by atoms with E-state index >= 15 is 0 Å². The highest BCUT2D eigenvalue weighted by Crippen LogP contribution is 2.36. The van der Waals surface area contributed by atoms with Crippen molar-refractivity contribution in [2.75, 3.05) is 25.4 Å². The molecule has 3 aromatic rings. The van der Waals surface area contributed by atoms with Crippen molar-refractivity contribution in [1.29, 1.82) is 0 Å². The average Bonchev–Trinajstić information content (AvgIpc) is 3.10. The number of aryl methyl sites for hydroxylation is 1. The van der Waals surface area contributed by atoms with Gasteiger partial charge in [0.25, 0.3) is 0 Å². The summed E-state index contributed by atoms with van der Waals surface area (Å²) in [7, 11) is 0. The molecule has 1 aliphatic rings. The van der Waals surface area contributed by atoms with E-state index in [0.717, 1.165) is 25.0 Å². The first-order valence-corrected chi connectivity index (χ1v) is 11.4. The summed E-state index contributed by atoms with van der Waals surface area (Å²) in [6, 6.07) is 15.9. The molecule has 148 valence electrons. The van der Waals surface area contributed by atoms with E-state index in [9.17, 15) is 4.39 Å². The second-order valence-electron chi connectivity index (χ2n) is 7.69. The quantitative estimate of drug-likeness (QED) is 0.377. The van der Waals surface area contributed by atoms with Crippen molar-refractivity contribution in [3.8, 4) is 0 Å². The zero-order chi connectivity index (χ0) is 19.3. The Balaban J connectivity index is 1.31. The van der Waals surface area contributed by atoms with Crippen LogP contribution in [0, 0.1) is 5.82 Å². The zero-order valence-electron chi connectivity index (χ0n) is 16.6. The van der Waals surface area contributed by atoms with Crippen LogP contribution in [0.1, 0.15) is 43.4 Å². The van der Waals surface area contributed by atoms with Crippen LogP contribution in [0.2, 0.25) is 0 Å². The van der Waals surface area contributed by atoms with E-state index in [2.05, 4.69) is 47.1 Å². The summed E-state index contributed by atoms with van der Waals surface area (Å²) in [5.41, 5.74) is 3.68. The second kappa shape index (κ2) is 9.15. The van der Waals surface area contributed by atoms with Crippen LogP contribution in [-0.2, 0) is 6.42 Å². The number of halogens is 1. The Labute approximate surface area is 171 Å². The Hall–Kier alpha value is -1.78. The first kappa shape index (κ1) is 19.5. The third-order valence-electron chi connectivity index (χ3n) is 5.86. The Morgan fingerprint density at radius 2 is 1.89 bits per heavy atom. The van der Waals surface area contributed by atoms with Crippen LogP contribution in [0.3, 0.4) is 0 Å². The van der Waals surface area contributed by atoms with Crippen molar-refractivity contribution in [3.05, 3.63) is 65.6 Å². The van der Waals surface area contributed by atoms with Gasteiger partial charge in [0.2, 0.25) is 0 Å². The Bertz CT molecular complexity index is 898. The van der Waals surface area contributed by atoms with Gasteiger partial charge in [-0.05, 0) is 92.9 Å². The van der Waals surface area contributed by atoms with Gasteiger partial charge in [-0.1, -0.05) is 25.1 Å². The van der Waals surface area contributed by atoms with Gasteiger partial charge in [0, 0.05) is 21.5 Å².